The number of thioether (sulfide) groups is 1. The smallest absolute Gasteiger partial charge is 0.263 e. The predicted molar refractivity (Wildman–Crippen MR) is 115 cm³/mol. The first-order valence-corrected chi connectivity index (χ1v) is 9.43. The summed E-state index contributed by atoms with van der Waals surface area (Å²) in [5, 5.41) is 10.5. The largest absolute Gasteiger partial charge is 0.493 e. The molecule has 9 heteroatoms. The lowest BCUT2D eigenvalue weighted by molar-refractivity contribution is -0.115. The van der Waals surface area contributed by atoms with Crippen molar-refractivity contribution in [3.05, 3.63) is 63.9 Å². The fourth-order valence-corrected chi connectivity index (χ4v) is 3.11. The number of ether oxygens (including phenoxy) is 2. The van der Waals surface area contributed by atoms with Gasteiger partial charge in [0.2, 0.25) is 0 Å². The number of para-hydroxylation sites is 3. The summed E-state index contributed by atoms with van der Waals surface area (Å²) >= 11 is 6.25. The molecule has 1 aliphatic heterocycles. The Morgan fingerprint density at radius 2 is 1.61 bits per heavy atom. The molecule has 1 amide bonds. The number of nitrogens with zero attached hydrogens (tertiary/aromatic N) is 1. The van der Waals surface area contributed by atoms with Crippen molar-refractivity contribution < 1.29 is 19.5 Å². The number of hydrogen-bond acceptors (Lipinski definition) is 7. The molecule has 3 rings (SSSR count). The van der Waals surface area contributed by atoms with E-state index in [9.17, 15) is 4.79 Å². The lowest BCUT2D eigenvalue weighted by atomic mass is 10.2. The van der Waals surface area contributed by atoms with E-state index in [2.05, 4.69) is 5.32 Å². The third-order valence-corrected chi connectivity index (χ3v) is 4.30. The minimum atomic E-state index is -0.188. The number of amides is 1. The maximum Gasteiger partial charge on any atom is 0.263 e. The van der Waals surface area contributed by atoms with Crippen LogP contribution in [0.15, 0.2) is 58.8 Å². The van der Waals surface area contributed by atoms with Crippen molar-refractivity contribution in [3.63, 3.8) is 0 Å². The second kappa shape index (κ2) is 12.5. The molecule has 1 aliphatic rings. The average Bonchev–Trinajstić information content (AvgIpc) is 3.03. The van der Waals surface area contributed by atoms with Crippen molar-refractivity contribution in [1.29, 1.82) is 0 Å². The average molecular weight is 421 g/mol. The van der Waals surface area contributed by atoms with Crippen molar-refractivity contribution in [1.82, 2.24) is 5.32 Å². The minimum Gasteiger partial charge on any atom is -0.493 e. The molecule has 0 bridgehead atoms. The molecule has 0 spiro atoms. The zero-order chi connectivity index (χ0) is 20.9. The third-order valence-electron chi connectivity index (χ3n) is 3.14. The number of benzene rings is 2. The van der Waals surface area contributed by atoms with Crippen LogP contribution in [0.3, 0.4) is 0 Å². The summed E-state index contributed by atoms with van der Waals surface area (Å²) in [7, 11) is 1.59. The quantitative estimate of drug-likeness (QED) is 0.306. The van der Waals surface area contributed by atoms with Crippen LogP contribution in [-0.4, -0.2) is 22.5 Å². The maximum absolute atomic E-state index is 11.8. The number of carbonyl (C=O) groups excluding carboxylic acids is 1. The zero-order valence-electron chi connectivity index (χ0n) is 15.5. The molecule has 1 saturated heterocycles. The molecule has 0 radical (unpaired) electrons. The van der Waals surface area contributed by atoms with Gasteiger partial charge in [0.25, 0.3) is 5.91 Å². The molecule has 0 saturated carbocycles. The van der Waals surface area contributed by atoms with Crippen molar-refractivity contribution in [3.8, 4) is 17.2 Å². The molecule has 2 N–H and O–H groups in total. The molecule has 2 aromatic carbocycles. The molecule has 28 heavy (non-hydrogen) atoms. The monoisotopic (exact) mass is 420 g/mol. The van der Waals surface area contributed by atoms with Crippen molar-refractivity contribution in [2.45, 2.75) is 13.8 Å². The van der Waals surface area contributed by atoms with Gasteiger partial charge in [-0.3, -0.25) is 4.79 Å². The number of carbonyl (C=O) groups is 1. The normalized spacial score (nSPS) is 13.5. The second-order valence-corrected chi connectivity index (χ2v) is 6.44. The SMILES string of the molecule is CC.COc1ccccc1Oc1ccccc1/C=C1\SC(=S)NC1=O.O=NO. The highest BCUT2D eigenvalue weighted by Crippen LogP contribution is 2.35. The van der Waals surface area contributed by atoms with E-state index in [1.165, 1.54) is 17.1 Å². The second-order valence-electron chi connectivity index (χ2n) is 4.72. The van der Waals surface area contributed by atoms with Gasteiger partial charge in [-0.25, -0.2) is 0 Å². The number of methoxy groups -OCH3 is 1. The highest BCUT2D eigenvalue weighted by atomic mass is 32.2. The van der Waals surface area contributed by atoms with Crippen LogP contribution in [0.1, 0.15) is 19.4 Å². The van der Waals surface area contributed by atoms with E-state index in [-0.39, 0.29) is 5.91 Å². The maximum atomic E-state index is 11.8. The Hall–Kier alpha value is -2.91. The summed E-state index contributed by atoms with van der Waals surface area (Å²) < 4.78 is 11.7. The van der Waals surface area contributed by atoms with Crippen LogP contribution >= 0.6 is 24.0 Å². The van der Waals surface area contributed by atoms with Gasteiger partial charge in [0.15, 0.2) is 16.8 Å². The Labute approximate surface area is 172 Å². The summed E-state index contributed by atoms with van der Waals surface area (Å²) in [6.45, 7) is 4.00. The third kappa shape index (κ3) is 6.67. The first kappa shape index (κ1) is 23.1. The van der Waals surface area contributed by atoms with E-state index in [0.717, 1.165) is 5.56 Å². The predicted octanol–water partition coefficient (Wildman–Crippen LogP) is 5.14. The molecule has 0 aromatic heterocycles. The van der Waals surface area contributed by atoms with Gasteiger partial charge in [0, 0.05) is 5.56 Å². The van der Waals surface area contributed by atoms with E-state index >= 15 is 0 Å². The Balaban J connectivity index is 0.000000717. The van der Waals surface area contributed by atoms with Gasteiger partial charge < -0.3 is 20.0 Å². The highest BCUT2D eigenvalue weighted by molar-refractivity contribution is 8.26. The molecular formula is C19H20N2O5S2. The molecule has 1 heterocycles. The summed E-state index contributed by atoms with van der Waals surface area (Å²) in [5.41, 5.74) is 0.792. The number of thiocarbonyl (C=S) groups is 1. The van der Waals surface area contributed by atoms with E-state index < -0.39 is 0 Å². The van der Waals surface area contributed by atoms with Gasteiger partial charge in [-0.2, -0.15) is 0 Å². The molecular weight excluding hydrogens is 400 g/mol. The van der Waals surface area contributed by atoms with Crippen LogP contribution < -0.4 is 14.8 Å². The fourth-order valence-electron chi connectivity index (χ4n) is 2.08. The molecule has 7 nitrogen and oxygen atoms in total. The highest BCUT2D eigenvalue weighted by Gasteiger charge is 2.22. The van der Waals surface area contributed by atoms with E-state index in [1.54, 1.807) is 13.2 Å². The van der Waals surface area contributed by atoms with E-state index in [0.29, 0.717) is 26.5 Å². The number of hydrogen-bond donors (Lipinski definition) is 2. The number of rotatable bonds is 4. The van der Waals surface area contributed by atoms with Crippen LogP contribution in [-0.2, 0) is 4.79 Å². The first-order chi connectivity index (χ1) is 13.6. The lowest BCUT2D eigenvalue weighted by Crippen LogP contribution is -2.17. The van der Waals surface area contributed by atoms with Gasteiger partial charge in [0.05, 0.1) is 12.0 Å². The Kier molecular flexibility index (Phi) is 10.3. The Morgan fingerprint density at radius 1 is 1.07 bits per heavy atom. The van der Waals surface area contributed by atoms with Crippen molar-refractivity contribution >= 4 is 40.3 Å². The zero-order valence-corrected chi connectivity index (χ0v) is 17.2. The fraction of sp³-hybridized carbons (Fsp3) is 0.158. The van der Waals surface area contributed by atoms with Gasteiger partial charge in [0.1, 0.15) is 10.1 Å². The standard InChI is InChI=1S/C17H13NO3S2.C2H6.HNO2/c1-20-13-8-4-5-9-14(13)21-12-7-3-2-6-11(12)10-15-16(19)18-17(22)23-15;1-2;2-1-3/h2-10H,1H3,(H,18,19,22);1-2H3;(H,2,3)/b15-10-;;. The summed E-state index contributed by atoms with van der Waals surface area (Å²) in [4.78, 5) is 20.5. The topological polar surface area (TPSA) is 97.2 Å². The van der Waals surface area contributed by atoms with Gasteiger partial charge in [-0.15, -0.1) is 4.91 Å². The van der Waals surface area contributed by atoms with Crippen LogP contribution in [0.5, 0.6) is 17.2 Å². The lowest BCUT2D eigenvalue weighted by Gasteiger charge is -2.12. The van der Waals surface area contributed by atoms with Crippen molar-refractivity contribution in [2.24, 2.45) is 5.34 Å². The van der Waals surface area contributed by atoms with Gasteiger partial charge >= 0.3 is 0 Å². The van der Waals surface area contributed by atoms with E-state index in [1.807, 2.05) is 62.4 Å². The van der Waals surface area contributed by atoms with Crippen LogP contribution in [0, 0.1) is 4.91 Å². The summed E-state index contributed by atoms with van der Waals surface area (Å²) in [5.74, 6) is 1.70. The molecule has 0 aliphatic carbocycles. The molecule has 1 fully saturated rings. The van der Waals surface area contributed by atoms with Crippen LogP contribution in [0.2, 0.25) is 0 Å². The van der Waals surface area contributed by atoms with E-state index in [4.69, 9.17) is 31.8 Å². The molecule has 0 unspecified atom stereocenters. The Morgan fingerprint density at radius 3 is 2.14 bits per heavy atom. The van der Waals surface area contributed by atoms with Gasteiger partial charge in [-0.05, 0) is 24.3 Å². The molecule has 0 atom stereocenters. The molecule has 2 aromatic rings. The van der Waals surface area contributed by atoms with Crippen LogP contribution in [0.4, 0.5) is 0 Å². The first-order valence-electron chi connectivity index (χ1n) is 8.20. The summed E-state index contributed by atoms with van der Waals surface area (Å²) in [6.07, 6.45) is 1.77. The summed E-state index contributed by atoms with van der Waals surface area (Å²) in [6, 6.07) is 14.9. The van der Waals surface area contributed by atoms with Crippen molar-refractivity contribution in [2.75, 3.05) is 7.11 Å². The van der Waals surface area contributed by atoms with Crippen LogP contribution in [0.25, 0.3) is 6.08 Å². The number of nitrogens with one attached hydrogen (secondary N) is 1. The minimum absolute atomic E-state index is 0.188. The van der Waals surface area contributed by atoms with Gasteiger partial charge in [-0.1, -0.05) is 68.2 Å². The molecule has 148 valence electrons. The Bertz CT molecular complexity index is 856.